The molecule has 1 N–H and O–H groups in total. The van der Waals surface area contributed by atoms with E-state index in [1.807, 2.05) is 20.8 Å². The van der Waals surface area contributed by atoms with Crippen molar-refractivity contribution in [1.82, 2.24) is 5.32 Å². The van der Waals surface area contributed by atoms with Gasteiger partial charge in [-0.05, 0) is 39.7 Å². The van der Waals surface area contributed by atoms with Crippen LogP contribution in [0, 0.1) is 0 Å². The van der Waals surface area contributed by atoms with E-state index >= 15 is 0 Å². The van der Waals surface area contributed by atoms with Crippen LogP contribution in [0.3, 0.4) is 0 Å². The molecule has 0 rings (SSSR count). The quantitative estimate of drug-likeness (QED) is 0.395. The first-order valence-electron chi connectivity index (χ1n) is 8.18. The van der Waals surface area contributed by atoms with E-state index in [9.17, 15) is 4.79 Å². The van der Waals surface area contributed by atoms with Gasteiger partial charge in [-0.2, -0.15) is 0 Å². The third-order valence-corrected chi connectivity index (χ3v) is 3.27. The summed E-state index contributed by atoms with van der Waals surface area (Å²) in [7, 11) is 0. The van der Waals surface area contributed by atoms with Gasteiger partial charge in [-0.1, -0.05) is 20.3 Å². The average molecular weight is 303 g/mol. The van der Waals surface area contributed by atoms with Gasteiger partial charge in [0.15, 0.2) is 0 Å². The van der Waals surface area contributed by atoms with Crippen molar-refractivity contribution in [2.24, 2.45) is 0 Å². The Kier molecular flexibility index (Phi) is 12.6. The fourth-order valence-electron chi connectivity index (χ4n) is 2.04. The maximum Gasteiger partial charge on any atom is 0.326 e. The molecule has 0 spiro atoms. The number of hydrogen-bond acceptors (Lipinski definition) is 5. The number of ether oxygens (including phenoxy) is 3. The van der Waals surface area contributed by atoms with Gasteiger partial charge in [-0.25, -0.2) is 0 Å². The zero-order valence-corrected chi connectivity index (χ0v) is 14.2. The van der Waals surface area contributed by atoms with Gasteiger partial charge in [0.25, 0.3) is 0 Å². The molecule has 0 bridgehead atoms. The smallest absolute Gasteiger partial charge is 0.326 e. The lowest BCUT2D eigenvalue weighted by molar-refractivity contribution is -0.151. The summed E-state index contributed by atoms with van der Waals surface area (Å²) in [6.45, 7) is 11.7. The zero-order valence-electron chi connectivity index (χ0n) is 14.2. The Morgan fingerprint density at radius 1 is 1.00 bits per heavy atom. The molecule has 5 heteroatoms. The van der Waals surface area contributed by atoms with Crippen LogP contribution in [0.1, 0.15) is 53.4 Å². The molecule has 0 heterocycles. The highest BCUT2D eigenvalue weighted by atomic mass is 16.5. The van der Waals surface area contributed by atoms with Crippen LogP contribution in [0.2, 0.25) is 0 Å². The predicted molar refractivity (Wildman–Crippen MR) is 84.5 cm³/mol. The molecule has 0 aliphatic heterocycles. The van der Waals surface area contributed by atoms with E-state index < -0.39 is 5.54 Å². The number of unbranched alkanes of at least 4 members (excludes halogenated alkanes) is 1. The van der Waals surface area contributed by atoms with Crippen molar-refractivity contribution in [2.75, 3.05) is 39.6 Å². The lowest BCUT2D eigenvalue weighted by atomic mass is 9.96. The Hall–Kier alpha value is -0.650. The van der Waals surface area contributed by atoms with Gasteiger partial charge >= 0.3 is 5.97 Å². The number of carbonyl (C=O) groups excluding carboxylic acids is 1. The number of rotatable bonds is 14. The van der Waals surface area contributed by atoms with Gasteiger partial charge in [0.1, 0.15) is 5.54 Å². The van der Waals surface area contributed by atoms with Crippen LogP contribution in [0.25, 0.3) is 0 Å². The summed E-state index contributed by atoms with van der Waals surface area (Å²) in [5.41, 5.74) is -0.619. The largest absolute Gasteiger partial charge is 0.465 e. The first-order valence-corrected chi connectivity index (χ1v) is 8.18. The summed E-state index contributed by atoms with van der Waals surface area (Å²) >= 11 is 0. The number of esters is 1. The molecule has 0 aromatic heterocycles. The molecule has 126 valence electrons. The number of likely N-dealkylation sites (N-methyl/N-ethyl adjacent to an activating group) is 1. The van der Waals surface area contributed by atoms with Gasteiger partial charge in [-0.15, -0.1) is 0 Å². The molecule has 0 radical (unpaired) electrons. The molecule has 1 atom stereocenters. The highest BCUT2D eigenvalue weighted by molar-refractivity contribution is 5.80. The Bertz CT molecular complexity index is 261. The molecule has 0 saturated heterocycles. The Morgan fingerprint density at radius 2 is 1.62 bits per heavy atom. The molecule has 21 heavy (non-hydrogen) atoms. The number of hydrogen-bond donors (Lipinski definition) is 1. The lowest BCUT2D eigenvalue weighted by Gasteiger charge is -2.28. The van der Waals surface area contributed by atoms with Crippen molar-refractivity contribution in [3.63, 3.8) is 0 Å². The lowest BCUT2D eigenvalue weighted by Crippen LogP contribution is -2.50. The van der Waals surface area contributed by atoms with Crippen molar-refractivity contribution in [1.29, 1.82) is 0 Å². The molecule has 0 aliphatic carbocycles. The van der Waals surface area contributed by atoms with Crippen LogP contribution >= 0.6 is 0 Å². The van der Waals surface area contributed by atoms with Crippen LogP contribution in [0.5, 0.6) is 0 Å². The van der Waals surface area contributed by atoms with Crippen molar-refractivity contribution in [3.05, 3.63) is 0 Å². The second-order valence-corrected chi connectivity index (χ2v) is 5.26. The van der Waals surface area contributed by atoms with Gasteiger partial charge in [0.05, 0.1) is 19.8 Å². The summed E-state index contributed by atoms with van der Waals surface area (Å²) in [5, 5.41) is 3.21. The summed E-state index contributed by atoms with van der Waals surface area (Å²) in [6, 6.07) is 0. The van der Waals surface area contributed by atoms with Gasteiger partial charge < -0.3 is 19.5 Å². The zero-order chi connectivity index (χ0) is 16.0. The Labute approximate surface area is 129 Å². The first-order chi connectivity index (χ1) is 10.1. The molecule has 5 nitrogen and oxygen atoms in total. The highest BCUT2D eigenvalue weighted by Crippen LogP contribution is 2.14. The molecule has 0 aliphatic rings. The third-order valence-electron chi connectivity index (χ3n) is 3.27. The molecular weight excluding hydrogens is 270 g/mol. The number of carbonyl (C=O) groups is 1. The standard InChI is InChI=1S/C16H33NO4/c1-5-8-11-19-13-14-20-12-9-10-16(4,17-6-2)15(18)21-7-3/h17H,5-14H2,1-4H3. The van der Waals surface area contributed by atoms with Crippen LogP contribution < -0.4 is 5.32 Å². The van der Waals surface area contributed by atoms with Crippen molar-refractivity contribution < 1.29 is 19.0 Å². The van der Waals surface area contributed by atoms with Gasteiger partial charge in [-0.3, -0.25) is 4.79 Å². The maximum atomic E-state index is 12.0. The van der Waals surface area contributed by atoms with Crippen LogP contribution in [-0.2, 0) is 19.0 Å². The molecule has 0 aromatic carbocycles. The molecule has 0 amide bonds. The minimum Gasteiger partial charge on any atom is -0.465 e. The van der Waals surface area contributed by atoms with Crippen LogP contribution in [0.4, 0.5) is 0 Å². The predicted octanol–water partition coefficient (Wildman–Crippen LogP) is 2.53. The molecule has 1 unspecified atom stereocenters. The van der Waals surface area contributed by atoms with Crippen molar-refractivity contribution >= 4 is 5.97 Å². The molecule has 0 aromatic rings. The summed E-state index contributed by atoms with van der Waals surface area (Å²) in [4.78, 5) is 12.0. The summed E-state index contributed by atoms with van der Waals surface area (Å²) < 4.78 is 16.1. The summed E-state index contributed by atoms with van der Waals surface area (Å²) in [6.07, 6.45) is 3.77. The maximum absolute atomic E-state index is 12.0. The van der Waals surface area contributed by atoms with E-state index in [-0.39, 0.29) is 5.97 Å². The van der Waals surface area contributed by atoms with Crippen LogP contribution in [-0.4, -0.2) is 51.1 Å². The number of nitrogens with one attached hydrogen (secondary N) is 1. The molecular formula is C16H33NO4. The topological polar surface area (TPSA) is 56.8 Å². The second-order valence-electron chi connectivity index (χ2n) is 5.26. The van der Waals surface area contributed by atoms with Gasteiger partial charge in [0.2, 0.25) is 0 Å². The third kappa shape index (κ3) is 9.82. The Balaban J connectivity index is 3.76. The minimum atomic E-state index is -0.619. The average Bonchev–Trinajstić information content (AvgIpc) is 2.46. The monoisotopic (exact) mass is 303 g/mol. The molecule has 0 fully saturated rings. The highest BCUT2D eigenvalue weighted by Gasteiger charge is 2.32. The van der Waals surface area contributed by atoms with E-state index in [2.05, 4.69) is 12.2 Å². The van der Waals surface area contributed by atoms with Crippen molar-refractivity contribution in [2.45, 2.75) is 58.9 Å². The van der Waals surface area contributed by atoms with E-state index in [0.29, 0.717) is 32.8 Å². The van der Waals surface area contributed by atoms with E-state index in [1.165, 1.54) is 0 Å². The second kappa shape index (κ2) is 13.0. The Morgan fingerprint density at radius 3 is 2.14 bits per heavy atom. The fraction of sp³-hybridized carbons (Fsp3) is 0.938. The van der Waals surface area contributed by atoms with E-state index in [1.54, 1.807) is 0 Å². The van der Waals surface area contributed by atoms with Gasteiger partial charge in [0, 0.05) is 13.2 Å². The van der Waals surface area contributed by atoms with Crippen molar-refractivity contribution in [3.8, 4) is 0 Å². The first kappa shape index (κ1) is 20.3. The molecule has 0 saturated carbocycles. The summed E-state index contributed by atoms with van der Waals surface area (Å²) in [5.74, 6) is -0.185. The van der Waals surface area contributed by atoms with Crippen LogP contribution in [0.15, 0.2) is 0 Å². The van der Waals surface area contributed by atoms with E-state index in [0.717, 1.165) is 32.4 Å². The minimum absolute atomic E-state index is 0.185. The SMILES string of the molecule is CCCCOCCOCCCC(C)(NCC)C(=O)OCC. The normalized spacial score (nSPS) is 13.9. The van der Waals surface area contributed by atoms with E-state index in [4.69, 9.17) is 14.2 Å². The fourth-order valence-corrected chi connectivity index (χ4v) is 2.04.